The summed E-state index contributed by atoms with van der Waals surface area (Å²) >= 11 is 0. The number of benzene rings is 1. The molecule has 0 radical (unpaired) electrons. The molecule has 0 saturated heterocycles. The molecule has 0 fully saturated rings. The summed E-state index contributed by atoms with van der Waals surface area (Å²) in [6, 6.07) is 7.07. The molecular weight excluding hydrogens is 260 g/mol. The van der Waals surface area contributed by atoms with Gasteiger partial charge in [-0.1, -0.05) is 32.0 Å². The fraction of sp³-hybridized carbons (Fsp3) is 0.571. The monoisotopic (exact) mass is 284 g/mol. The van der Waals surface area contributed by atoms with E-state index in [0.717, 1.165) is 12.0 Å². The summed E-state index contributed by atoms with van der Waals surface area (Å²) in [6.45, 7) is 4.23. The maximum atomic E-state index is 12.2. The molecule has 4 nitrogen and oxygen atoms in total. The Hall–Kier alpha value is -0.910. The lowest BCUT2D eigenvalue weighted by Gasteiger charge is -2.18. The molecular formula is C14H24N2O2S. The largest absolute Gasteiger partial charge is 0.327 e. The smallest absolute Gasteiger partial charge is 0.242 e. The summed E-state index contributed by atoms with van der Waals surface area (Å²) in [7, 11) is -0.320. The van der Waals surface area contributed by atoms with E-state index in [0.29, 0.717) is 17.2 Å². The maximum absolute atomic E-state index is 12.2. The van der Waals surface area contributed by atoms with Gasteiger partial charge in [0.05, 0.1) is 4.90 Å². The minimum absolute atomic E-state index is 0.0153. The third kappa shape index (κ3) is 4.30. The lowest BCUT2D eigenvalue weighted by molar-refractivity contribution is 0.488. The highest BCUT2D eigenvalue weighted by Gasteiger charge is 2.21. The van der Waals surface area contributed by atoms with Crippen molar-refractivity contribution < 1.29 is 8.42 Å². The molecule has 0 heterocycles. The Morgan fingerprint density at radius 2 is 1.79 bits per heavy atom. The summed E-state index contributed by atoms with van der Waals surface area (Å²) in [5.41, 5.74) is 6.88. The van der Waals surface area contributed by atoms with Crippen LogP contribution >= 0.6 is 0 Å². The lowest BCUT2D eigenvalue weighted by atomic mass is 9.98. The van der Waals surface area contributed by atoms with Gasteiger partial charge < -0.3 is 5.73 Å². The maximum Gasteiger partial charge on any atom is 0.242 e. The van der Waals surface area contributed by atoms with Crippen LogP contribution in [0.1, 0.15) is 25.8 Å². The van der Waals surface area contributed by atoms with Crippen LogP contribution in [0.5, 0.6) is 0 Å². The molecule has 1 aromatic carbocycles. The van der Waals surface area contributed by atoms with Crippen LogP contribution in [0.25, 0.3) is 0 Å². The highest BCUT2D eigenvalue weighted by Crippen LogP contribution is 2.20. The van der Waals surface area contributed by atoms with Crippen molar-refractivity contribution >= 4 is 10.0 Å². The summed E-state index contributed by atoms with van der Waals surface area (Å²) in [5.74, 6) is 0.507. The van der Waals surface area contributed by atoms with E-state index in [4.69, 9.17) is 5.73 Å². The molecule has 19 heavy (non-hydrogen) atoms. The Morgan fingerprint density at radius 1 is 1.21 bits per heavy atom. The Labute approximate surface area is 116 Å². The highest BCUT2D eigenvalue weighted by molar-refractivity contribution is 7.89. The minimum Gasteiger partial charge on any atom is -0.327 e. The summed E-state index contributed by atoms with van der Waals surface area (Å²) < 4.78 is 25.7. The van der Waals surface area contributed by atoms with Crippen LogP contribution in [0.4, 0.5) is 0 Å². The van der Waals surface area contributed by atoms with Gasteiger partial charge >= 0.3 is 0 Å². The van der Waals surface area contributed by atoms with Crippen LogP contribution in [-0.2, 0) is 16.4 Å². The second kappa shape index (κ2) is 6.50. The number of nitrogens with two attached hydrogens (primary N) is 1. The molecule has 0 saturated carbocycles. The van der Waals surface area contributed by atoms with Crippen LogP contribution in [0.15, 0.2) is 29.2 Å². The number of sulfonamides is 1. The lowest BCUT2D eigenvalue weighted by Crippen LogP contribution is -2.28. The van der Waals surface area contributed by atoms with Crippen molar-refractivity contribution in [1.29, 1.82) is 0 Å². The van der Waals surface area contributed by atoms with E-state index in [1.165, 1.54) is 4.31 Å². The van der Waals surface area contributed by atoms with Gasteiger partial charge in [-0.3, -0.25) is 0 Å². The minimum atomic E-state index is -3.40. The van der Waals surface area contributed by atoms with Gasteiger partial charge in [0, 0.05) is 20.1 Å². The fourth-order valence-electron chi connectivity index (χ4n) is 2.09. The Morgan fingerprint density at radius 3 is 2.32 bits per heavy atom. The molecule has 0 aliphatic heterocycles. The first-order chi connectivity index (χ1) is 8.75. The Kier molecular flexibility index (Phi) is 5.52. The van der Waals surface area contributed by atoms with Gasteiger partial charge in [0.1, 0.15) is 0 Å². The Balaban J connectivity index is 3.04. The van der Waals surface area contributed by atoms with Crippen LogP contribution in [0.2, 0.25) is 0 Å². The van der Waals surface area contributed by atoms with Crippen LogP contribution in [-0.4, -0.2) is 32.9 Å². The third-order valence-corrected chi connectivity index (χ3v) is 4.90. The SMILES string of the molecule is CC(C)CC(N)Cc1ccccc1S(=O)(=O)N(C)C. The first-order valence-corrected chi connectivity index (χ1v) is 7.95. The third-order valence-electron chi connectivity index (χ3n) is 2.99. The molecule has 0 bridgehead atoms. The number of hydrogen-bond acceptors (Lipinski definition) is 3. The van der Waals surface area contributed by atoms with E-state index in [-0.39, 0.29) is 6.04 Å². The first-order valence-electron chi connectivity index (χ1n) is 6.51. The topological polar surface area (TPSA) is 63.4 Å². The quantitative estimate of drug-likeness (QED) is 0.867. The van der Waals surface area contributed by atoms with Gasteiger partial charge in [0.25, 0.3) is 0 Å². The Bertz CT molecular complexity index is 510. The summed E-state index contributed by atoms with van der Waals surface area (Å²) in [4.78, 5) is 0.360. The van der Waals surface area contributed by atoms with E-state index in [1.807, 2.05) is 12.1 Å². The van der Waals surface area contributed by atoms with Crippen molar-refractivity contribution in [3.05, 3.63) is 29.8 Å². The van der Waals surface area contributed by atoms with Crippen molar-refractivity contribution in [3.63, 3.8) is 0 Å². The van der Waals surface area contributed by atoms with E-state index in [1.54, 1.807) is 26.2 Å². The van der Waals surface area contributed by atoms with Crippen molar-refractivity contribution in [2.24, 2.45) is 11.7 Å². The van der Waals surface area contributed by atoms with E-state index >= 15 is 0 Å². The molecule has 2 N–H and O–H groups in total. The number of hydrogen-bond donors (Lipinski definition) is 1. The van der Waals surface area contributed by atoms with E-state index in [9.17, 15) is 8.42 Å². The van der Waals surface area contributed by atoms with Crippen molar-refractivity contribution in [2.45, 2.75) is 37.6 Å². The molecule has 1 aromatic rings. The van der Waals surface area contributed by atoms with Crippen LogP contribution in [0, 0.1) is 5.92 Å². The first kappa shape index (κ1) is 16.1. The number of rotatable bonds is 6. The molecule has 0 aromatic heterocycles. The molecule has 0 aliphatic rings. The standard InChI is InChI=1S/C14H24N2O2S/c1-11(2)9-13(15)10-12-7-5-6-8-14(12)19(17,18)16(3)4/h5-8,11,13H,9-10,15H2,1-4H3. The predicted octanol–water partition coefficient (Wildman–Crippen LogP) is 1.85. The molecule has 1 atom stereocenters. The zero-order valence-electron chi connectivity index (χ0n) is 12.1. The molecule has 0 spiro atoms. The van der Waals surface area contributed by atoms with Gasteiger partial charge in [0.15, 0.2) is 0 Å². The molecule has 108 valence electrons. The van der Waals surface area contributed by atoms with Crippen molar-refractivity contribution in [3.8, 4) is 0 Å². The normalized spacial score (nSPS) is 14.1. The average Bonchev–Trinajstić information content (AvgIpc) is 2.27. The highest BCUT2D eigenvalue weighted by atomic mass is 32.2. The van der Waals surface area contributed by atoms with E-state index < -0.39 is 10.0 Å². The summed E-state index contributed by atoms with van der Waals surface area (Å²) in [5, 5.41) is 0. The van der Waals surface area contributed by atoms with Crippen molar-refractivity contribution in [1.82, 2.24) is 4.31 Å². The van der Waals surface area contributed by atoms with E-state index in [2.05, 4.69) is 13.8 Å². The molecule has 0 aliphatic carbocycles. The number of nitrogens with zero attached hydrogens (tertiary/aromatic N) is 1. The van der Waals surface area contributed by atoms with Crippen LogP contribution in [0.3, 0.4) is 0 Å². The second-order valence-corrected chi connectivity index (χ2v) is 7.61. The fourth-order valence-corrected chi connectivity index (χ4v) is 3.22. The molecule has 5 heteroatoms. The molecule has 1 unspecified atom stereocenters. The molecule has 1 rings (SSSR count). The van der Waals surface area contributed by atoms with Gasteiger partial charge in [0.2, 0.25) is 10.0 Å². The zero-order chi connectivity index (χ0) is 14.6. The van der Waals surface area contributed by atoms with Gasteiger partial charge in [-0.25, -0.2) is 12.7 Å². The zero-order valence-corrected chi connectivity index (χ0v) is 12.9. The second-order valence-electron chi connectivity index (χ2n) is 5.49. The van der Waals surface area contributed by atoms with Crippen LogP contribution < -0.4 is 5.73 Å². The molecule has 0 amide bonds. The summed E-state index contributed by atoms with van der Waals surface area (Å²) in [6.07, 6.45) is 1.47. The van der Waals surface area contributed by atoms with Crippen molar-refractivity contribution in [2.75, 3.05) is 14.1 Å². The average molecular weight is 284 g/mol. The predicted molar refractivity (Wildman–Crippen MR) is 78.4 cm³/mol. The van der Waals surface area contributed by atoms with Gasteiger partial charge in [-0.2, -0.15) is 0 Å². The van der Waals surface area contributed by atoms with Gasteiger partial charge in [-0.05, 0) is 30.4 Å². The van der Waals surface area contributed by atoms with Gasteiger partial charge in [-0.15, -0.1) is 0 Å².